The van der Waals surface area contributed by atoms with Crippen LogP contribution in [0.2, 0.25) is 0 Å². The summed E-state index contributed by atoms with van der Waals surface area (Å²) < 4.78 is 22.3. The molecule has 0 unspecified atom stereocenters. The van der Waals surface area contributed by atoms with Crippen LogP contribution in [0.5, 0.6) is 0 Å². The number of halogens is 2. The molecular weight excluding hydrogens is 102 g/mol. The molecule has 2 nitrogen and oxygen atoms in total. The fourth-order valence-corrected chi connectivity index (χ4v) is 0.218. The van der Waals surface area contributed by atoms with Gasteiger partial charge in [0, 0.05) is 7.05 Å². The van der Waals surface area contributed by atoms with Gasteiger partial charge in [0.1, 0.15) is 0 Å². The Bertz CT molecular complexity index is 40.2. The van der Waals surface area contributed by atoms with Crippen LogP contribution >= 0.6 is 0 Å². The molecular formula is C3H8F2N2. The highest BCUT2D eigenvalue weighted by molar-refractivity contribution is 4.39. The smallest absolute Gasteiger partial charge is 0.252 e. The van der Waals surface area contributed by atoms with E-state index in [2.05, 4.69) is 0 Å². The van der Waals surface area contributed by atoms with E-state index in [1.54, 1.807) is 0 Å². The second-order valence-electron chi connectivity index (χ2n) is 1.33. The number of hydrogen-bond acceptors (Lipinski definition) is 2. The van der Waals surface area contributed by atoms with E-state index in [1.165, 1.54) is 7.05 Å². The number of nitrogens with two attached hydrogens (primary N) is 1. The zero-order valence-electron chi connectivity index (χ0n) is 4.06. The molecule has 0 saturated heterocycles. The molecule has 0 bridgehead atoms. The van der Waals surface area contributed by atoms with Crippen molar-refractivity contribution < 1.29 is 8.78 Å². The van der Waals surface area contributed by atoms with Crippen molar-refractivity contribution in [2.45, 2.75) is 6.43 Å². The van der Waals surface area contributed by atoms with Crippen LogP contribution in [0, 0.1) is 0 Å². The molecule has 0 rings (SSSR count). The summed E-state index contributed by atoms with van der Waals surface area (Å²) in [5.41, 5.74) is 0. The molecule has 0 aromatic carbocycles. The molecule has 0 atom stereocenters. The van der Waals surface area contributed by atoms with E-state index in [0.29, 0.717) is 0 Å². The Morgan fingerprint density at radius 2 is 2.14 bits per heavy atom. The van der Waals surface area contributed by atoms with Crippen molar-refractivity contribution in [2.75, 3.05) is 13.6 Å². The summed E-state index contributed by atoms with van der Waals surface area (Å²) in [5, 5.41) is 0.949. The molecule has 2 N–H and O–H groups in total. The first-order valence-electron chi connectivity index (χ1n) is 1.87. The predicted octanol–water partition coefficient (Wildman–Crippen LogP) is 0.0570. The predicted molar refractivity (Wildman–Crippen MR) is 22.8 cm³/mol. The molecule has 0 spiro atoms. The summed E-state index contributed by atoms with van der Waals surface area (Å²) in [7, 11) is 1.40. The van der Waals surface area contributed by atoms with Crippen LogP contribution in [0.25, 0.3) is 0 Å². The summed E-state index contributed by atoms with van der Waals surface area (Å²) in [5.74, 6) is 4.85. The zero-order chi connectivity index (χ0) is 5.86. The lowest BCUT2D eigenvalue weighted by Gasteiger charge is -2.05. The second kappa shape index (κ2) is 2.87. The number of nitrogens with zero attached hydrogens (tertiary/aromatic N) is 1. The van der Waals surface area contributed by atoms with E-state index in [9.17, 15) is 8.78 Å². The normalized spacial score (nSPS) is 11.1. The van der Waals surface area contributed by atoms with Gasteiger partial charge in [-0.1, -0.05) is 0 Å². The lowest BCUT2D eigenvalue weighted by molar-refractivity contribution is 0.101. The molecule has 0 aliphatic rings. The Morgan fingerprint density at radius 3 is 2.14 bits per heavy atom. The minimum absolute atomic E-state index is 0.361. The van der Waals surface area contributed by atoms with Crippen molar-refractivity contribution >= 4 is 0 Å². The number of rotatable bonds is 2. The van der Waals surface area contributed by atoms with Gasteiger partial charge in [0.15, 0.2) is 0 Å². The summed E-state index contributed by atoms with van der Waals surface area (Å²) in [4.78, 5) is 0. The minimum atomic E-state index is -2.32. The molecule has 0 radical (unpaired) electrons. The first-order chi connectivity index (χ1) is 3.13. The summed E-state index contributed by atoms with van der Waals surface area (Å²) in [6, 6.07) is 0. The standard InChI is InChI=1S/C3H8F2N2/c1-7(6)2-3(4)5/h3H,2,6H2,1H3. The molecule has 0 amide bonds. The Balaban J connectivity index is 2.95. The SMILES string of the molecule is CN(N)CC(F)F. The quantitative estimate of drug-likeness (QED) is 0.402. The van der Waals surface area contributed by atoms with E-state index >= 15 is 0 Å². The van der Waals surface area contributed by atoms with Crippen molar-refractivity contribution in [3.8, 4) is 0 Å². The Hall–Kier alpha value is -0.220. The van der Waals surface area contributed by atoms with Crippen molar-refractivity contribution in [2.24, 2.45) is 5.84 Å². The molecule has 0 fully saturated rings. The second-order valence-corrected chi connectivity index (χ2v) is 1.33. The Kier molecular flexibility index (Phi) is 2.78. The highest BCUT2D eigenvalue weighted by Crippen LogP contribution is 1.89. The van der Waals surface area contributed by atoms with Crippen LogP contribution in [-0.4, -0.2) is 25.0 Å². The topological polar surface area (TPSA) is 29.3 Å². The van der Waals surface area contributed by atoms with Gasteiger partial charge in [-0.05, 0) is 0 Å². The summed E-state index contributed by atoms with van der Waals surface area (Å²) >= 11 is 0. The minimum Gasteiger partial charge on any atom is -0.269 e. The molecule has 0 aromatic heterocycles. The van der Waals surface area contributed by atoms with Crippen molar-refractivity contribution in [1.82, 2.24) is 5.01 Å². The van der Waals surface area contributed by atoms with Gasteiger partial charge >= 0.3 is 0 Å². The van der Waals surface area contributed by atoms with Crippen LogP contribution in [0.15, 0.2) is 0 Å². The van der Waals surface area contributed by atoms with E-state index in [1.807, 2.05) is 0 Å². The number of hydrogen-bond donors (Lipinski definition) is 1. The van der Waals surface area contributed by atoms with Crippen LogP contribution in [-0.2, 0) is 0 Å². The van der Waals surface area contributed by atoms with Crippen molar-refractivity contribution in [3.63, 3.8) is 0 Å². The van der Waals surface area contributed by atoms with Crippen molar-refractivity contribution in [1.29, 1.82) is 0 Å². The van der Waals surface area contributed by atoms with Gasteiger partial charge in [0.05, 0.1) is 6.54 Å². The monoisotopic (exact) mass is 110 g/mol. The Labute approximate surface area is 40.9 Å². The van der Waals surface area contributed by atoms with Gasteiger partial charge in [-0.15, -0.1) is 0 Å². The molecule has 44 valence electrons. The van der Waals surface area contributed by atoms with Gasteiger partial charge in [-0.2, -0.15) is 0 Å². The maximum absolute atomic E-state index is 11.2. The third-order valence-corrected chi connectivity index (χ3v) is 0.426. The first kappa shape index (κ1) is 6.78. The fraction of sp³-hybridized carbons (Fsp3) is 1.00. The lowest BCUT2D eigenvalue weighted by atomic mass is 10.7. The average molecular weight is 110 g/mol. The van der Waals surface area contributed by atoms with Gasteiger partial charge in [-0.3, -0.25) is 5.84 Å². The zero-order valence-corrected chi connectivity index (χ0v) is 4.06. The summed E-state index contributed by atoms with van der Waals surface area (Å²) in [6.45, 7) is -0.361. The first-order valence-corrected chi connectivity index (χ1v) is 1.87. The average Bonchev–Trinajstić information content (AvgIpc) is 1.27. The molecule has 0 heterocycles. The number of hydrazine groups is 1. The molecule has 0 saturated carbocycles. The molecule has 0 aromatic rings. The highest BCUT2D eigenvalue weighted by atomic mass is 19.3. The molecule has 4 heteroatoms. The van der Waals surface area contributed by atoms with Gasteiger partial charge in [-0.25, -0.2) is 13.8 Å². The van der Waals surface area contributed by atoms with E-state index in [4.69, 9.17) is 5.84 Å². The van der Waals surface area contributed by atoms with Crippen LogP contribution in [0.3, 0.4) is 0 Å². The van der Waals surface area contributed by atoms with Crippen LogP contribution in [0.1, 0.15) is 0 Å². The fourth-order valence-electron chi connectivity index (χ4n) is 0.218. The molecule has 0 aliphatic heterocycles. The number of alkyl halides is 2. The van der Waals surface area contributed by atoms with Crippen LogP contribution < -0.4 is 5.84 Å². The van der Waals surface area contributed by atoms with E-state index in [0.717, 1.165) is 5.01 Å². The maximum Gasteiger partial charge on any atom is 0.252 e. The maximum atomic E-state index is 11.2. The van der Waals surface area contributed by atoms with Gasteiger partial charge in [0.25, 0.3) is 6.43 Å². The van der Waals surface area contributed by atoms with Gasteiger partial charge < -0.3 is 0 Å². The van der Waals surface area contributed by atoms with Gasteiger partial charge in [0.2, 0.25) is 0 Å². The molecule has 7 heavy (non-hydrogen) atoms. The Morgan fingerprint density at radius 1 is 1.71 bits per heavy atom. The highest BCUT2D eigenvalue weighted by Gasteiger charge is 2.01. The van der Waals surface area contributed by atoms with Crippen molar-refractivity contribution in [3.05, 3.63) is 0 Å². The van der Waals surface area contributed by atoms with Crippen LogP contribution in [0.4, 0.5) is 8.78 Å². The molecule has 0 aliphatic carbocycles. The lowest BCUT2D eigenvalue weighted by Crippen LogP contribution is -2.30. The third kappa shape index (κ3) is 5.78. The largest absolute Gasteiger partial charge is 0.269 e. The van der Waals surface area contributed by atoms with E-state index < -0.39 is 6.43 Å². The summed E-state index contributed by atoms with van der Waals surface area (Å²) in [6.07, 6.45) is -2.32. The van der Waals surface area contributed by atoms with E-state index in [-0.39, 0.29) is 6.54 Å². The third-order valence-electron chi connectivity index (χ3n) is 0.426.